The minimum absolute atomic E-state index is 0.0733. The molecule has 2 rings (SSSR count). The summed E-state index contributed by atoms with van der Waals surface area (Å²) in [6, 6.07) is 6.80. The van der Waals surface area contributed by atoms with E-state index in [2.05, 4.69) is 30.7 Å². The molecule has 1 heterocycles. The molecule has 2 N–H and O–H groups in total. The molecule has 0 amide bonds. The number of hydrogen-bond acceptors (Lipinski definition) is 4. The van der Waals surface area contributed by atoms with Gasteiger partial charge in [0.05, 0.1) is 10.6 Å². The highest BCUT2D eigenvalue weighted by molar-refractivity contribution is 7.89. The second-order valence-electron chi connectivity index (χ2n) is 5.60. The Kier molecular flexibility index (Phi) is 3.62. The van der Waals surface area contributed by atoms with Crippen LogP contribution in [-0.2, 0) is 15.4 Å². The number of rotatable bonds is 2. The lowest BCUT2D eigenvalue weighted by Crippen LogP contribution is -2.16. The maximum Gasteiger partial charge on any atom is 0.238 e. The molecule has 0 fully saturated rings. The maximum atomic E-state index is 11.7. The molecule has 0 spiro atoms. The zero-order valence-corrected chi connectivity index (χ0v) is 12.5. The molecule has 5 nitrogen and oxygen atoms in total. The van der Waals surface area contributed by atoms with Crippen molar-refractivity contribution in [2.75, 3.05) is 0 Å². The van der Waals surface area contributed by atoms with Gasteiger partial charge in [0.25, 0.3) is 0 Å². The summed E-state index contributed by atoms with van der Waals surface area (Å²) in [5.74, 6) is 0. The number of aromatic nitrogens is 2. The standard InChI is InChI=1S/C14H17N3O2S/c1-14(2,3)10-4-5-13(20(15,18)19)11(8-10)12-6-7-16-9-17-12/h4-9H,1-3H3,(H2,15,18,19). The Morgan fingerprint density at radius 2 is 1.85 bits per heavy atom. The summed E-state index contributed by atoms with van der Waals surface area (Å²) in [6.07, 6.45) is 2.95. The second-order valence-corrected chi connectivity index (χ2v) is 7.13. The topological polar surface area (TPSA) is 85.9 Å². The van der Waals surface area contributed by atoms with Crippen LogP contribution in [0.15, 0.2) is 41.7 Å². The molecule has 0 saturated heterocycles. The van der Waals surface area contributed by atoms with Crippen LogP contribution in [0.25, 0.3) is 11.3 Å². The highest BCUT2D eigenvalue weighted by Gasteiger charge is 2.20. The van der Waals surface area contributed by atoms with E-state index in [1.54, 1.807) is 18.3 Å². The van der Waals surface area contributed by atoms with Gasteiger partial charge in [0.2, 0.25) is 10.0 Å². The van der Waals surface area contributed by atoms with Gasteiger partial charge in [-0.3, -0.25) is 0 Å². The molecular weight excluding hydrogens is 274 g/mol. The van der Waals surface area contributed by atoms with Gasteiger partial charge in [0.15, 0.2) is 0 Å². The van der Waals surface area contributed by atoms with E-state index in [4.69, 9.17) is 5.14 Å². The molecule has 0 bridgehead atoms. The van der Waals surface area contributed by atoms with E-state index in [1.165, 1.54) is 12.4 Å². The third-order valence-electron chi connectivity index (χ3n) is 3.01. The molecule has 2 aromatic rings. The van der Waals surface area contributed by atoms with Crippen LogP contribution in [0.5, 0.6) is 0 Å². The lowest BCUT2D eigenvalue weighted by molar-refractivity contribution is 0.587. The molecule has 0 aliphatic rings. The Hall–Kier alpha value is -1.79. The van der Waals surface area contributed by atoms with Crippen LogP contribution >= 0.6 is 0 Å². The van der Waals surface area contributed by atoms with Crippen molar-refractivity contribution >= 4 is 10.0 Å². The van der Waals surface area contributed by atoms with Crippen LogP contribution in [0.2, 0.25) is 0 Å². The fourth-order valence-corrected chi connectivity index (χ4v) is 2.62. The SMILES string of the molecule is CC(C)(C)c1ccc(S(N)(=O)=O)c(-c2ccncn2)c1. The maximum absolute atomic E-state index is 11.7. The third-order valence-corrected chi connectivity index (χ3v) is 3.98. The van der Waals surface area contributed by atoms with Gasteiger partial charge >= 0.3 is 0 Å². The summed E-state index contributed by atoms with van der Waals surface area (Å²) in [4.78, 5) is 8.03. The Morgan fingerprint density at radius 3 is 2.35 bits per heavy atom. The lowest BCUT2D eigenvalue weighted by atomic mass is 9.86. The average Bonchev–Trinajstić information content (AvgIpc) is 2.37. The van der Waals surface area contributed by atoms with E-state index in [9.17, 15) is 8.42 Å². The van der Waals surface area contributed by atoms with E-state index >= 15 is 0 Å². The highest BCUT2D eigenvalue weighted by Crippen LogP contribution is 2.31. The van der Waals surface area contributed by atoms with Gasteiger partial charge in [-0.2, -0.15) is 0 Å². The number of hydrogen-bond donors (Lipinski definition) is 1. The molecule has 106 valence electrons. The number of primary sulfonamides is 1. The molecular formula is C14H17N3O2S. The monoisotopic (exact) mass is 291 g/mol. The molecule has 0 saturated carbocycles. The van der Waals surface area contributed by atoms with Crippen molar-refractivity contribution in [3.63, 3.8) is 0 Å². The first-order chi connectivity index (χ1) is 9.19. The third kappa shape index (κ3) is 3.02. The average molecular weight is 291 g/mol. The van der Waals surface area contributed by atoms with Crippen LogP contribution in [0.3, 0.4) is 0 Å². The van der Waals surface area contributed by atoms with Crippen LogP contribution in [0.1, 0.15) is 26.3 Å². The van der Waals surface area contributed by atoms with Crippen molar-refractivity contribution in [2.24, 2.45) is 5.14 Å². The first-order valence-corrected chi connectivity index (χ1v) is 7.68. The van der Waals surface area contributed by atoms with E-state index < -0.39 is 10.0 Å². The molecule has 0 aliphatic heterocycles. The van der Waals surface area contributed by atoms with E-state index in [0.717, 1.165) is 5.56 Å². The van der Waals surface area contributed by atoms with Crippen LogP contribution < -0.4 is 5.14 Å². The summed E-state index contributed by atoms with van der Waals surface area (Å²) in [7, 11) is -3.80. The fraction of sp³-hybridized carbons (Fsp3) is 0.286. The van der Waals surface area contributed by atoms with Gasteiger partial charge < -0.3 is 0 Å². The Labute approximate surface area is 118 Å². The molecule has 0 unspecified atom stereocenters. The number of benzene rings is 1. The lowest BCUT2D eigenvalue weighted by Gasteiger charge is -2.20. The van der Waals surface area contributed by atoms with Crippen LogP contribution in [0, 0.1) is 0 Å². The van der Waals surface area contributed by atoms with Crippen molar-refractivity contribution in [1.29, 1.82) is 0 Å². The quantitative estimate of drug-likeness (QED) is 0.918. The molecule has 1 aromatic heterocycles. The smallest absolute Gasteiger partial charge is 0.238 e. The van der Waals surface area contributed by atoms with E-state index in [1.807, 2.05) is 6.07 Å². The summed E-state index contributed by atoms with van der Waals surface area (Å²) in [5, 5.41) is 5.28. The van der Waals surface area contributed by atoms with Crippen molar-refractivity contribution in [3.8, 4) is 11.3 Å². The molecule has 20 heavy (non-hydrogen) atoms. The normalized spacial score (nSPS) is 12.4. The molecule has 1 aromatic carbocycles. The van der Waals surface area contributed by atoms with Gasteiger partial charge in [0, 0.05) is 11.8 Å². The summed E-state index contributed by atoms with van der Waals surface area (Å²) in [5.41, 5.74) is 1.95. The number of nitrogens with zero attached hydrogens (tertiary/aromatic N) is 2. The number of nitrogens with two attached hydrogens (primary N) is 1. The summed E-state index contributed by atoms with van der Waals surface area (Å²) < 4.78 is 23.4. The summed E-state index contributed by atoms with van der Waals surface area (Å²) in [6.45, 7) is 6.17. The van der Waals surface area contributed by atoms with Crippen molar-refractivity contribution in [2.45, 2.75) is 31.1 Å². The molecule has 6 heteroatoms. The van der Waals surface area contributed by atoms with Gasteiger partial charge in [-0.05, 0) is 29.2 Å². The Morgan fingerprint density at radius 1 is 1.15 bits per heavy atom. The van der Waals surface area contributed by atoms with Gasteiger partial charge in [-0.1, -0.05) is 26.8 Å². The molecule has 0 radical (unpaired) electrons. The van der Waals surface area contributed by atoms with Gasteiger partial charge in [0.1, 0.15) is 6.33 Å². The van der Waals surface area contributed by atoms with Gasteiger partial charge in [-0.25, -0.2) is 23.5 Å². The molecule has 0 aliphatic carbocycles. The largest absolute Gasteiger partial charge is 0.245 e. The predicted molar refractivity (Wildman–Crippen MR) is 77.5 cm³/mol. The first kappa shape index (κ1) is 14.6. The highest BCUT2D eigenvalue weighted by atomic mass is 32.2. The van der Waals surface area contributed by atoms with E-state index in [-0.39, 0.29) is 10.3 Å². The molecule has 0 atom stereocenters. The van der Waals surface area contributed by atoms with Crippen molar-refractivity contribution in [3.05, 3.63) is 42.4 Å². The predicted octanol–water partition coefficient (Wildman–Crippen LogP) is 2.09. The minimum atomic E-state index is -3.80. The minimum Gasteiger partial charge on any atom is -0.245 e. The van der Waals surface area contributed by atoms with Gasteiger partial charge in [-0.15, -0.1) is 0 Å². The first-order valence-electron chi connectivity index (χ1n) is 6.13. The zero-order valence-electron chi connectivity index (χ0n) is 11.7. The second kappa shape index (κ2) is 4.96. The fourth-order valence-electron chi connectivity index (χ4n) is 1.89. The van der Waals surface area contributed by atoms with Crippen molar-refractivity contribution in [1.82, 2.24) is 9.97 Å². The Bertz CT molecular complexity index is 720. The van der Waals surface area contributed by atoms with E-state index in [0.29, 0.717) is 11.3 Å². The Balaban J connectivity index is 2.74. The van der Waals surface area contributed by atoms with Crippen molar-refractivity contribution < 1.29 is 8.42 Å². The zero-order chi connectivity index (χ0) is 15.0. The number of sulfonamides is 1. The van der Waals surface area contributed by atoms with Crippen LogP contribution in [0.4, 0.5) is 0 Å². The van der Waals surface area contributed by atoms with Crippen LogP contribution in [-0.4, -0.2) is 18.4 Å². The summed E-state index contributed by atoms with van der Waals surface area (Å²) >= 11 is 0.